The number of carbonyl (C=O) groups is 1. The summed E-state index contributed by atoms with van der Waals surface area (Å²) in [7, 11) is 0. The monoisotopic (exact) mass is 282 g/mol. The average Bonchev–Trinajstić information content (AvgIpc) is 3.25. The maximum absolute atomic E-state index is 12.8. The van der Waals surface area contributed by atoms with Crippen LogP contribution in [-0.4, -0.2) is 15.6 Å². The Balaban J connectivity index is 1.82. The Labute approximate surface area is 126 Å². The van der Waals surface area contributed by atoms with E-state index >= 15 is 0 Å². The zero-order chi connectivity index (χ0) is 14.9. The van der Waals surface area contributed by atoms with Crippen LogP contribution in [0.1, 0.15) is 43.6 Å². The molecule has 1 fully saturated rings. The van der Waals surface area contributed by atoms with Gasteiger partial charge in [0, 0.05) is 18.7 Å². The number of aryl methyl sites for hydroxylation is 2. The third-order valence-corrected chi connectivity index (χ3v) is 4.53. The second-order valence-electron chi connectivity index (χ2n) is 5.84. The standard InChI is InChI=1S/C18H22N2O/c1-3-15-12-16(20(4-2)19-15)13-17(21)18(10-11-18)14-8-6-5-7-9-14/h5-9,12H,3-4,10-11,13H2,1-2H3. The van der Waals surface area contributed by atoms with Crippen LogP contribution in [0.3, 0.4) is 0 Å². The van der Waals surface area contributed by atoms with Gasteiger partial charge in [0.15, 0.2) is 0 Å². The molecule has 1 saturated carbocycles. The molecule has 2 aromatic rings. The molecule has 0 aliphatic heterocycles. The molecule has 1 aromatic carbocycles. The molecule has 1 aromatic heterocycles. The number of nitrogens with zero attached hydrogens (tertiary/aromatic N) is 2. The molecule has 3 heteroatoms. The van der Waals surface area contributed by atoms with E-state index in [9.17, 15) is 4.79 Å². The van der Waals surface area contributed by atoms with Crippen LogP contribution in [0.4, 0.5) is 0 Å². The van der Waals surface area contributed by atoms with Crippen molar-refractivity contribution in [3.05, 3.63) is 53.3 Å². The summed E-state index contributed by atoms with van der Waals surface area (Å²) in [6.07, 6.45) is 3.38. The maximum Gasteiger partial charge on any atom is 0.149 e. The van der Waals surface area contributed by atoms with Gasteiger partial charge in [0.1, 0.15) is 5.78 Å². The van der Waals surface area contributed by atoms with Crippen molar-refractivity contribution in [1.29, 1.82) is 0 Å². The van der Waals surface area contributed by atoms with Gasteiger partial charge in [0.2, 0.25) is 0 Å². The van der Waals surface area contributed by atoms with E-state index in [1.807, 2.05) is 22.9 Å². The minimum atomic E-state index is -0.226. The van der Waals surface area contributed by atoms with Crippen molar-refractivity contribution in [1.82, 2.24) is 9.78 Å². The second-order valence-corrected chi connectivity index (χ2v) is 5.84. The van der Waals surface area contributed by atoms with Crippen LogP contribution in [-0.2, 0) is 29.6 Å². The minimum Gasteiger partial charge on any atom is -0.298 e. The van der Waals surface area contributed by atoms with Crippen LogP contribution in [0.5, 0.6) is 0 Å². The molecule has 0 saturated heterocycles. The van der Waals surface area contributed by atoms with Gasteiger partial charge in [-0.25, -0.2) is 0 Å². The molecule has 1 aliphatic carbocycles. The molecule has 3 rings (SSSR count). The smallest absolute Gasteiger partial charge is 0.149 e. The number of carbonyl (C=O) groups excluding carboxylic acids is 1. The van der Waals surface area contributed by atoms with Gasteiger partial charge in [-0.05, 0) is 37.8 Å². The van der Waals surface area contributed by atoms with Gasteiger partial charge >= 0.3 is 0 Å². The molecule has 0 N–H and O–H groups in total. The molecule has 21 heavy (non-hydrogen) atoms. The fourth-order valence-corrected chi connectivity index (χ4v) is 3.05. The third-order valence-electron chi connectivity index (χ3n) is 4.53. The highest BCUT2D eigenvalue weighted by Crippen LogP contribution is 2.49. The molecule has 110 valence electrons. The topological polar surface area (TPSA) is 34.9 Å². The summed E-state index contributed by atoms with van der Waals surface area (Å²) < 4.78 is 1.97. The highest BCUT2D eigenvalue weighted by molar-refractivity contribution is 5.94. The summed E-state index contributed by atoms with van der Waals surface area (Å²) in [5.74, 6) is 0.339. The second kappa shape index (κ2) is 5.47. The number of hydrogen-bond donors (Lipinski definition) is 0. The lowest BCUT2D eigenvalue weighted by molar-refractivity contribution is -0.120. The third kappa shape index (κ3) is 2.53. The summed E-state index contributed by atoms with van der Waals surface area (Å²) in [6.45, 7) is 4.99. The Bertz CT molecular complexity index is 638. The highest BCUT2D eigenvalue weighted by Gasteiger charge is 2.50. The molecular weight excluding hydrogens is 260 g/mol. The first-order valence-electron chi connectivity index (χ1n) is 7.84. The van der Waals surface area contributed by atoms with Crippen molar-refractivity contribution in [2.45, 2.75) is 51.5 Å². The van der Waals surface area contributed by atoms with Gasteiger partial charge < -0.3 is 0 Å². The fraction of sp³-hybridized carbons (Fsp3) is 0.444. The van der Waals surface area contributed by atoms with E-state index in [0.29, 0.717) is 12.2 Å². The lowest BCUT2D eigenvalue weighted by atomic mass is 9.89. The highest BCUT2D eigenvalue weighted by atomic mass is 16.1. The van der Waals surface area contributed by atoms with E-state index < -0.39 is 0 Å². The number of aromatic nitrogens is 2. The first kappa shape index (κ1) is 14.1. The number of benzene rings is 1. The van der Waals surface area contributed by atoms with Crippen molar-refractivity contribution in [2.24, 2.45) is 0 Å². The van der Waals surface area contributed by atoms with E-state index in [1.165, 1.54) is 5.56 Å². The van der Waals surface area contributed by atoms with Crippen molar-refractivity contribution in [2.75, 3.05) is 0 Å². The Kier molecular flexibility index (Phi) is 3.66. The SMILES string of the molecule is CCc1cc(CC(=O)C2(c3ccccc3)CC2)n(CC)n1. The fourth-order valence-electron chi connectivity index (χ4n) is 3.05. The maximum atomic E-state index is 12.8. The van der Waals surface area contributed by atoms with Crippen LogP contribution in [0, 0.1) is 0 Å². The van der Waals surface area contributed by atoms with Crippen LogP contribution in [0.15, 0.2) is 36.4 Å². The van der Waals surface area contributed by atoms with E-state index in [4.69, 9.17) is 0 Å². The number of Topliss-reactive ketones (excluding diaryl/α,β-unsaturated/α-hetero) is 1. The molecule has 0 unspecified atom stereocenters. The molecule has 0 amide bonds. The van der Waals surface area contributed by atoms with E-state index in [-0.39, 0.29) is 5.41 Å². The quantitative estimate of drug-likeness (QED) is 0.814. The zero-order valence-corrected chi connectivity index (χ0v) is 12.8. The Morgan fingerprint density at radius 3 is 2.52 bits per heavy atom. The Hall–Kier alpha value is -1.90. The molecule has 1 heterocycles. The van der Waals surface area contributed by atoms with Crippen LogP contribution in [0.25, 0.3) is 0 Å². The zero-order valence-electron chi connectivity index (χ0n) is 12.8. The molecular formula is C18H22N2O. The summed E-state index contributed by atoms with van der Waals surface area (Å²) >= 11 is 0. The van der Waals surface area contributed by atoms with Gasteiger partial charge in [-0.2, -0.15) is 5.10 Å². The van der Waals surface area contributed by atoms with Crippen molar-refractivity contribution < 1.29 is 4.79 Å². The van der Waals surface area contributed by atoms with Gasteiger partial charge in [-0.3, -0.25) is 9.48 Å². The van der Waals surface area contributed by atoms with Crippen molar-refractivity contribution in [3.8, 4) is 0 Å². The number of ketones is 1. The lowest BCUT2D eigenvalue weighted by Crippen LogP contribution is -2.23. The van der Waals surface area contributed by atoms with Crippen molar-refractivity contribution >= 4 is 5.78 Å². The predicted molar refractivity (Wildman–Crippen MR) is 83.3 cm³/mol. The van der Waals surface area contributed by atoms with Gasteiger partial charge in [-0.15, -0.1) is 0 Å². The average molecular weight is 282 g/mol. The Morgan fingerprint density at radius 2 is 1.95 bits per heavy atom. The Morgan fingerprint density at radius 1 is 1.24 bits per heavy atom. The molecule has 0 atom stereocenters. The molecule has 1 aliphatic rings. The summed E-state index contributed by atoms with van der Waals surface area (Å²) in [6, 6.07) is 12.3. The van der Waals surface area contributed by atoms with Crippen molar-refractivity contribution in [3.63, 3.8) is 0 Å². The number of hydrogen-bond acceptors (Lipinski definition) is 2. The van der Waals surface area contributed by atoms with E-state index in [0.717, 1.165) is 37.2 Å². The normalized spacial score (nSPS) is 15.9. The molecule has 0 bridgehead atoms. The molecule has 0 spiro atoms. The first-order valence-corrected chi connectivity index (χ1v) is 7.84. The van der Waals surface area contributed by atoms with E-state index in [1.54, 1.807) is 0 Å². The minimum absolute atomic E-state index is 0.226. The first-order chi connectivity index (χ1) is 10.2. The van der Waals surface area contributed by atoms with Gasteiger partial charge in [0.25, 0.3) is 0 Å². The summed E-state index contributed by atoms with van der Waals surface area (Å²) in [4.78, 5) is 12.8. The molecule has 3 nitrogen and oxygen atoms in total. The largest absolute Gasteiger partial charge is 0.298 e. The van der Waals surface area contributed by atoms with Crippen LogP contribution >= 0.6 is 0 Å². The van der Waals surface area contributed by atoms with Crippen LogP contribution in [0.2, 0.25) is 0 Å². The van der Waals surface area contributed by atoms with Crippen LogP contribution < -0.4 is 0 Å². The molecule has 0 radical (unpaired) electrons. The number of rotatable bonds is 6. The van der Waals surface area contributed by atoms with E-state index in [2.05, 4.69) is 37.1 Å². The summed E-state index contributed by atoms with van der Waals surface area (Å²) in [5.41, 5.74) is 3.08. The van der Waals surface area contributed by atoms with Gasteiger partial charge in [0.05, 0.1) is 11.1 Å². The predicted octanol–water partition coefficient (Wildman–Crippen LogP) is 3.31. The summed E-state index contributed by atoms with van der Waals surface area (Å²) in [5, 5.41) is 4.54. The lowest BCUT2D eigenvalue weighted by Gasteiger charge is -2.14. The van der Waals surface area contributed by atoms with Gasteiger partial charge in [-0.1, -0.05) is 37.3 Å².